The molecule has 0 fully saturated rings. The highest BCUT2D eigenvalue weighted by Gasteiger charge is 2.06. The Balaban J connectivity index is 2.63. The maximum Gasteiger partial charge on any atom is 0.247 e. The molecule has 0 spiro atoms. The van der Waals surface area contributed by atoms with Crippen molar-refractivity contribution in [3.8, 4) is 5.75 Å². The molecule has 1 aromatic rings. The molecule has 0 aliphatic rings. The molecule has 1 aromatic carbocycles. The van der Waals surface area contributed by atoms with Gasteiger partial charge in [0, 0.05) is 19.2 Å². The predicted molar refractivity (Wildman–Crippen MR) is 88.2 cm³/mol. The van der Waals surface area contributed by atoms with Crippen LogP contribution in [0.5, 0.6) is 5.75 Å². The molecule has 0 radical (unpaired) electrons. The summed E-state index contributed by atoms with van der Waals surface area (Å²) < 4.78 is 5.52. The Morgan fingerprint density at radius 1 is 1.19 bits per heavy atom. The Bertz CT molecular complexity index is 478. The zero-order valence-electron chi connectivity index (χ0n) is 12.6. The van der Waals surface area contributed by atoms with Crippen molar-refractivity contribution in [2.75, 3.05) is 19.7 Å². The average molecular weight is 285 g/mol. The van der Waals surface area contributed by atoms with E-state index in [1.165, 1.54) is 0 Å². The summed E-state index contributed by atoms with van der Waals surface area (Å²) in [6.07, 6.45) is 7.75. The van der Waals surface area contributed by atoms with Crippen molar-refractivity contribution in [1.82, 2.24) is 4.90 Å². The van der Waals surface area contributed by atoms with Crippen LogP contribution in [0.25, 0.3) is 6.08 Å². The summed E-state index contributed by atoms with van der Waals surface area (Å²) in [5, 5.41) is 0. The third kappa shape index (κ3) is 6.13. The molecule has 0 heterocycles. The van der Waals surface area contributed by atoms with Crippen molar-refractivity contribution in [2.45, 2.75) is 13.3 Å². The molecule has 3 nitrogen and oxygen atoms in total. The van der Waals surface area contributed by atoms with Crippen LogP contribution in [0, 0.1) is 0 Å². The largest absolute Gasteiger partial charge is 0.494 e. The van der Waals surface area contributed by atoms with Gasteiger partial charge in [0.15, 0.2) is 0 Å². The lowest BCUT2D eigenvalue weighted by Crippen LogP contribution is -2.29. The highest BCUT2D eigenvalue weighted by atomic mass is 16.5. The van der Waals surface area contributed by atoms with Gasteiger partial charge in [-0.15, -0.1) is 13.2 Å². The zero-order chi connectivity index (χ0) is 15.5. The predicted octanol–water partition coefficient (Wildman–Crippen LogP) is 3.69. The standard InChI is InChI=1S/C18H23NO2/c1-4-13-19(14-5-2)18(20)12-9-16-7-10-17(11-8-16)21-15-6-3/h4-5,7-12H,1-2,6,13-15H2,3H3/b12-9+. The van der Waals surface area contributed by atoms with E-state index in [0.717, 1.165) is 17.7 Å². The van der Waals surface area contributed by atoms with Gasteiger partial charge in [0.2, 0.25) is 5.91 Å². The maximum absolute atomic E-state index is 12.0. The number of benzene rings is 1. The van der Waals surface area contributed by atoms with E-state index < -0.39 is 0 Å². The Hall–Kier alpha value is -2.29. The molecule has 0 atom stereocenters. The molecule has 0 saturated heterocycles. The lowest BCUT2D eigenvalue weighted by molar-refractivity contribution is -0.124. The summed E-state index contributed by atoms with van der Waals surface area (Å²) in [5.41, 5.74) is 0.962. The van der Waals surface area contributed by atoms with Crippen molar-refractivity contribution in [3.63, 3.8) is 0 Å². The van der Waals surface area contributed by atoms with Crippen LogP contribution >= 0.6 is 0 Å². The van der Waals surface area contributed by atoms with Crippen LogP contribution in [-0.2, 0) is 4.79 Å². The van der Waals surface area contributed by atoms with Gasteiger partial charge in [-0.2, -0.15) is 0 Å². The van der Waals surface area contributed by atoms with E-state index in [1.54, 1.807) is 29.2 Å². The monoisotopic (exact) mass is 285 g/mol. The molecule has 0 unspecified atom stereocenters. The van der Waals surface area contributed by atoms with Crippen molar-refractivity contribution in [2.24, 2.45) is 0 Å². The molecule has 1 amide bonds. The minimum absolute atomic E-state index is 0.0545. The molecule has 1 rings (SSSR count). The molecule has 0 aliphatic carbocycles. The van der Waals surface area contributed by atoms with E-state index >= 15 is 0 Å². The quantitative estimate of drug-likeness (QED) is 0.511. The van der Waals surface area contributed by atoms with Gasteiger partial charge in [-0.3, -0.25) is 4.79 Å². The lowest BCUT2D eigenvalue weighted by atomic mass is 10.2. The summed E-state index contributed by atoms with van der Waals surface area (Å²) in [6, 6.07) is 7.68. The van der Waals surface area contributed by atoms with Crippen molar-refractivity contribution in [3.05, 3.63) is 61.2 Å². The van der Waals surface area contributed by atoms with Crippen LogP contribution in [0.4, 0.5) is 0 Å². The van der Waals surface area contributed by atoms with Gasteiger partial charge in [0.1, 0.15) is 5.75 Å². The number of hydrogen-bond donors (Lipinski definition) is 0. The first-order valence-corrected chi connectivity index (χ1v) is 7.13. The highest BCUT2D eigenvalue weighted by molar-refractivity contribution is 5.92. The smallest absolute Gasteiger partial charge is 0.247 e. The van der Waals surface area contributed by atoms with Gasteiger partial charge in [0.25, 0.3) is 0 Å². The van der Waals surface area contributed by atoms with Gasteiger partial charge in [0.05, 0.1) is 6.61 Å². The molecular weight excluding hydrogens is 262 g/mol. The van der Waals surface area contributed by atoms with Crippen LogP contribution < -0.4 is 4.74 Å². The molecule has 3 heteroatoms. The Morgan fingerprint density at radius 3 is 2.33 bits per heavy atom. The molecule has 0 saturated carbocycles. The van der Waals surface area contributed by atoms with Crippen LogP contribution in [-0.4, -0.2) is 30.5 Å². The number of rotatable bonds is 9. The van der Waals surface area contributed by atoms with E-state index in [4.69, 9.17) is 4.74 Å². The molecule has 112 valence electrons. The lowest BCUT2D eigenvalue weighted by Gasteiger charge is -2.16. The molecule has 0 bridgehead atoms. The van der Waals surface area contributed by atoms with Gasteiger partial charge < -0.3 is 9.64 Å². The summed E-state index contributed by atoms with van der Waals surface area (Å²) in [4.78, 5) is 13.7. The van der Waals surface area contributed by atoms with Crippen LogP contribution in [0.2, 0.25) is 0 Å². The van der Waals surface area contributed by atoms with Crippen molar-refractivity contribution >= 4 is 12.0 Å². The first kappa shape index (κ1) is 16.8. The molecule has 21 heavy (non-hydrogen) atoms. The fraction of sp³-hybridized carbons (Fsp3) is 0.278. The number of carbonyl (C=O) groups is 1. The second-order valence-corrected chi connectivity index (χ2v) is 4.57. The first-order valence-electron chi connectivity index (χ1n) is 7.13. The van der Waals surface area contributed by atoms with E-state index in [2.05, 4.69) is 20.1 Å². The van der Waals surface area contributed by atoms with Gasteiger partial charge in [-0.1, -0.05) is 31.2 Å². The summed E-state index contributed by atoms with van der Waals surface area (Å²) >= 11 is 0. The van der Waals surface area contributed by atoms with Crippen LogP contribution in [0.3, 0.4) is 0 Å². The number of ether oxygens (including phenoxy) is 1. The molecule has 0 aromatic heterocycles. The topological polar surface area (TPSA) is 29.5 Å². The van der Waals surface area contributed by atoms with E-state index in [1.807, 2.05) is 24.3 Å². The van der Waals surface area contributed by atoms with E-state index in [9.17, 15) is 4.79 Å². The van der Waals surface area contributed by atoms with Crippen LogP contribution in [0.15, 0.2) is 55.7 Å². The Morgan fingerprint density at radius 2 is 1.81 bits per heavy atom. The zero-order valence-corrected chi connectivity index (χ0v) is 12.6. The summed E-state index contributed by atoms with van der Waals surface area (Å²) in [5.74, 6) is 0.793. The van der Waals surface area contributed by atoms with E-state index in [0.29, 0.717) is 19.7 Å². The summed E-state index contributed by atoms with van der Waals surface area (Å²) in [6.45, 7) is 11.1. The summed E-state index contributed by atoms with van der Waals surface area (Å²) in [7, 11) is 0. The SMILES string of the molecule is C=CCN(CC=C)C(=O)/C=C/c1ccc(OCCC)cc1. The Kier molecular flexibility index (Phi) is 7.65. The fourth-order valence-electron chi connectivity index (χ4n) is 1.73. The number of carbonyl (C=O) groups excluding carboxylic acids is 1. The second-order valence-electron chi connectivity index (χ2n) is 4.57. The van der Waals surface area contributed by atoms with Gasteiger partial charge in [-0.25, -0.2) is 0 Å². The normalized spacial score (nSPS) is 10.3. The third-order valence-corrected chi connectivity index (χ3v) is 2.78. The minimum Gasteiger partial charge on any atom is -0.494 e. The Labute approximate surface area is 127 Å². The van der Waals surface area contributed by atoms with Gasteiger partial charge in [-0.05, 0) is 30.2 Å². The van der Waals surface area contributed by atoms with E-state index in [-0.39, 0.29) is 5.91 Å². The maximum atomic E-state index is 12.0. The minimum atomic E-state index is -0.0545. The number of nitrogens with zero attached hydrogens (tertiary/aromatic N) is 1. The number of amides is 1. The van der Waals surface area contributed by atoms with Gasteiger partial charge >= 0.3 is 0 Å². The molecule has 0 N–H and O–H groups in total. The average Bonchev–Trinajstić information content (AvgIpc) is 2.51. The number of hydrogen-bond acceptors (Lipinski definition) is 2. The molecule has 0 aliphatic heterocycles. The highest BCUT2D eigenvalue weighted by Crippen LogP contribution is 2.13. The van der Waals surface area contributed by atoms with Crippen LogP contribution in [0.1, 0.15) is 18.9 Å². The fourth-order valence-corrected chi connectivity index (χ4v) is 1.73. The second kappa shape index (κ2) is 9.59. The van der Waals surface area contributed by atoms with Crippen molar-refractivity contribution in [1.29, 1.82) is 0 Å². The van der Waals surface area contributed by atoms with Crippen molar-refractivity contribution < 1.29 is 9.53 Å². The first-order chi connectivity index (χ1) is 10.2. The molecular formula is C18H23NO2. The third-order valence-electron chi connectivity index (χ3n) is 2.78.